The number of fused-ring (bicyclic) bond motifs is 4. The van der Waals surface area contributed by atoms with E-state index in [0.29, 0.717) is 47.0 Å². The third-order valence-corrected chi connectivity index (χ3v) is 8.76. The van der Waals surface area contributed by atoms with E-state index >= 15 is 0 Å². The lowest BCUT2D eigenvalue weighted by Crippen LogP contribution is -2.46. The molecule has 1 amide bonds. The van der Waals surface area contributed by atoms with Crippen LogP contribution in [0.3, 0.4) is 0 Å². The Kier molecular flexibility index (Phi) is 10.6. The van der Waals surface area contributed by atoms with Crippen molar-refractivity contribution in [2.45, 2.75) is 71.4 Å². The quantitative estimate of drug-likeness (QED) is 0.181. The summed E-state index contributed by atoms with van der Waals surface area (Å²) in [6.45, 7) is 11.2. The summed E-state index contributed by atoms with van der Waals surface area (Å²) in [6.07, 6.45) is 7.87. The first kappa shape index (κ1) is 36.5. The summed E-state index contributed by atoms with van der Waals surface area (Å²) in [7, 11) is 0. The Bertz CT molecular complexity index is 2080. The van der Waals surface area contributed by atoms with E-state index in [-0.39, 0.29) is 23.7 Å². The van der Waals surface area contributed by atoms with E-state index in [0.717, 1.165) is 49.3 Å². The van der Waals surface area contributed by atoms with E-state index in [4.69, 9.17) is 25.9 Å². The van der Waals surface area contributed by atoms with Crippen LogP contribution in [0, 0.1) is 18.4 Å². The van der Waals surface area contributed by atoms with Crippen molar-refractivity contribution in [1.82, 2.24) is 24.4 Å². The van der Waals surface area contributed by atoms with Crippen LogP contribution in [0.2, 0.25) is 5.02 Å². The first-order valence-electron chi connectivity index (χ1n) is 16.4. The molecule has 0 radical (unpaired) electrons. The Morgan fingerprint density at radius 2 is 1.80 bits per heavy atom. The van der Waals surface area contributed by atoms with Crippen LogP contribution in [-0.2, 0) is 10.7 Å². The molecule has 2 saturated heterocycles. The van der Waals surface area contributed by atoms with E-state index in [9.17, 15) is 18.4 Å². The number of aliphatic hydroxyl groups excluding tert-OH is 1. The number of aromatic amines is 1. The highest BCUT2D eigenvalue weighted by molar-refractivity contribution is 6.31. The molecule has 2 atom stereocenters. The molecule has 2 fully saturated rings. The minimum atomic E-state index is -3.08. The predicted molar refractivity (Wildman–Crippen MR) is 189 cm³/mol. The maximum absolute atomic E-state index is 13.8. The topological polar surface area (TPSA) is 130 Å². The van der Waals surface area contributed by atoms with Crippen LogP contribution in [0.5, 0.6) is 0 Å². The molecule has 50 heavy (non-hydrogen) atoms. The maximum Gasteiger partial charge on any atom is 0.410 e. The minimum absolute atomic E-state index is 0.0288. The van der Waals surface area contributed by atoms with Crippen LogP contribution < -0.4 is 10.6 Å². The van der Waals surface area contributed by atoms with Crippen LogP contribution in [0.4, 0.5) is 19.4 Å². The number of para-hydroxylation sites is 1. The lowest BCUT2D eigenvalue weighted by molar-refractivity contribution is 0.00803. The Morgan fingerprint density at radius 1 is 1.12 bits per heavy atom. The van der Waals surface area contributed by atoms with E-state index in [1.165, 1.54) is 6.11 Å². The summed E-state index contributed by atoms with van der Waals surface area (Å²) in [6, 6.07) is 12.8. The zero-order valence-electron chi connectivity index (χ0n) is 28.7. The van der Waals surface area contributed by atoms with Crippen molar-refractivity contribution < 1.29 is 27.8 Å². The molecule has 3 aromatic heterocycles. The summed E-state index contributed by atoms with van der Waals surface area (Å²) >= 11 is 6.01. The second kappa shape index (κ2) is 14.6. The van der Waals surface area contributed by atoms with E-state index in [1.54, 1.807) is 21.6 Å². The lowest BCUT2D eigenvalue weighted by atomic mass is 9.93. The SMILES string of the molecule is C#CO.CC(F)(F)c1nc(N2CCCC2)c2oc3ccccc3c2n1.C[C@H]1CN(C(=O)OC(C)(C)C)CCC1n1c(=O)[nH]c2cc(Cl)ccc21. The smallest absolute Gasteiger partial charge is 0.410 e. The molecule has 1 unspecified atom stereocenters. The number of hydrogen-bond acceptors (Lipinski definition) is 8. The number of ether oxygens (including phenoxy) is 1. The molecule has 2 aliphatic rings. The molecule has 11 nitrogen and oxygen atoms in total. The number of halogens is 3. The summed E-state index contributed by atoms with van der Waals surface area (Å²) < 4.78 is 40.7. The van der Waals surface area contributed by atoms with Gasteiger partial charge >= 0.3 is 17.7 Å². The van der Waals surface area contributed by atoms with Crippen molar-refractivity contribution in [1.29, 1.82) is 0 Å². The average Bonchev–Trinajstić information content (AvgIpc) is 3.77. The molecule has 5 heterocycles. The fourth-order valence-electron chi connectivity index (χ4n) is 6.36. The molecule has 14 heteroatoms. The molecule has 2 aliphatic heterocycles. The third kappa shape index (κ3) is 7.97. The number of amides is 1. The predicted octanol–water partition coefficient (Wildman–Crippen LogP) is 7.84. The van der Waals surface area contributed by atoms with Crippen molar-refractivity contribution in [2.24, 2.45) is 5.92 Å². The maximum atomic E-state index is 13.8. The average molecular weight is 711 g/mol. The molecule has 2 aromatic carbocycles. The Morgan fingerprint density at radius 3 is 2.44 bits per heavy atom. The van der Waals surface area contributed by atoms with Gasteiger partial charge in [-0.2, -0.15) is 8.78 Å². The summed E-state index contributed by atoms with van der Waals surface area (Å²) in [5.41, 5.74) is 2.53. The van der Waals surface area contributed by atoms with Gasteiger partial charge in [-0.25, -0.2) is 19.6 Å². The van der Waals surface area contributed by atoms with Gasteiger partial charge in [-0.15, -0.1) is 0 Å². The molecular weight excluding hydrogens is 670 g/mol. The first-order chi connectivity index (χ1) is 23.6. The Hall–Kier alpha value is -4.83. The van der Waals surface area contributed by atoms with Crippen molar-refractivity contribution in [3.63, 3.8) is 0 Å². The van der Waals surface area contributed by atoms with Crippen molar-refractivity contribution >= 4 is 56.6 Å². The number of piperidine rings is 1. The fourth-order valence-corrected chi connectivity index (χ4v) is 6.53. The number of aliphatic hydroxyl groups is 1. The molecule has 5 aromatic rings. The summed E-state index contributed by atoms with van der Waals surface area (Å²) in [5.74, 6) is -2.92. The van der Waals surface area contributed by atoms with Gasteiger partial charge in [0.05, 0.1) is 11.0 Å². The van der Waals surface area contributed by atoms with Crippen LogP contribution in [0.25, 0.3) is 33.1 Å². The number of likely N-dealkylation sites (tertiary alicyclic amines) is 1. The number of alkyl halides is 2. The number of rotatable bonds is 3. The van der Waals surface area contributed by atoms with Gasteiger partial charge in [0.15, 0.2) is 11.4 Å². The highest BCUT2D eigenvalue weighted by Crippen LogP contribution is 2.37. The van der Waals surface area contributed by atoms with Gasteiger partial charge in [0.2, 0.25) is 5.82 Å². The highest BCUT2D eigenvalue weighted by Gasteiger charge is 2.34. The van der Waals surface area contributed by atoms with Gasteiger partial charge in [0.1, 0.15) is 22.8 Å². The largest absolute Gasteiger partial charge is 0.462 e. The monoisotopic (exact) mass is 710 g/mol. The first-order valence-corrected chi connectivity index (χ1v) is 16.8. The third-order valence-electron chi connectivity index (χ3n) is 8.52. The van der Waals surface area contributed by atoms with E-state index in [2.05, 4.69) is 28.3 Å². The van der Waals surface area contributed by atoms with Crippen LogP contribution >= 0.6 is 11.6 Å². The molecule has 0 saturated carbocycles. The number of anilines is 1. The number of carbonyl (C=O) groups is 1. The van der Waals surface area contributed by atoms with Gasteiger partial charge in [-0.3, -0.25) is 4.57 Å². The van der Waals surface area contributed by atoms with Gasteiger partial charge < -0.3 is 29.0 Å². The molecule has 266 valence electrons. The number of aromatic nitrogens is 4. The minimum Gasteiger partial charge on any atom is -0.462 e. The molecule has 7 rings (SSSR count). The normalized spacial score (nSPS) is 18.0. The number of terminal acetylenes is 1. The molecule has 0 spiro atoms. The van der Waals surface area contributed by atoms with Crippen LogP contribution in [-0.4, -0.2) is 67.4 Å². The number of nitrogens with one attached hydrogen (secondary N) is 1. The zero-order chi connectivity index (χ0) is 36.4. The van der Waals surface area contributed by atoms with Gasteiger partial charge in [-0.1, -0.05) is 37.1 Å². The number of nitrogens with zero attached hydrogens (tertiary/aromatic N) is 5. The van der Waals surface area contributed by atoms with E-state index in [1.807, 2.05) is 56.0 Å². The Balaban J connectivity index is 0.000000181. The zero-order valence-corrected chi connectivity index (χ0v) is 29.4. The van der Waals surface area contributed by atoms with Crippen LogP contribution in [0.1, 0.15) is 65.7 Å². The number of carbonyl (C=O) groups excluding carboxylic acids is 1. The van der Waals surface area contributed by atoms with Crippen LogP contribution in [0.15, 0.2) is 51.7 Å². The van der Waals surface area contributed by atoms with Gasteiger partial charge in [-0.05, 0) is 76.3 Å². The van der Waals surface area contributed by atoms with Crippen molar-refractivity contribution in [3.05, 3.63) is 63.8 Å². The Labute approximate surface area is 293 Å². The molecule has 2 N–H and O–H groups in total. The highest BCUT2D eigenvalue weighted by atomic mass is 35.5. The number of H-pyrrole nitrogens is 1. The number of imidazole rings is 1. The van der Waals surface area contributed by atoms with Gasteiger partial charge in [0.25, 0.3) is 0 Å². The lowest BCUT2D eigenvalue weighted by Gasteiger charge is -2.38. The molecule has 0 bridgehead atoms. The second-order valence-corrected chi connectivity index (χ2v) is 14.0. The van der Waals surface area contributed by atoms with Gasteiger partial charge in [0, 0.05) is 49.6 Å². The number of benzene rings is 2. The molecular formula is C36H41ClF2N6O5. The summed E-state index contributed by atoms with van der Waals surface area (Å²) in [4.78, 5) is 39.5. The standard InChI is InChI=1S/C18H24ClN3O3.C16H15F2N3O.C2H2O/c1-11-10-21(17(24)25-18(2,3)4)8-7-14(11)22-15-6-5-12(19)9-13(15)20-16(22)23;1-16(17,18)15-19-12-10-6-2-3-7-11(10)22-13(12)14(20-15)21-8-4-5-9-21;1-2-3/h5-6,9,11,14H,7-8,10H2,1-4H3,(H,20,23);2-3,6-7H,4-5,8-9H2,1H3;1,3H/t11-,14?;;/m0../s1. The fraction of sp³-hybridized carbons (Fsp3) is 0.444. The summed E-state index contributed by atoms with van der Waals surface area (Å²) in [5, 5.41) is 8.43. The van der Waals surface area contributed by atoms with Crippen molar-refractivity contribution in [3.8, 4) is 12.5 Å². The number of furan rings is 1. The second-order valence-electron chi connectivity index (χ2n) is 13.6. The van der Waals surface area contributed by atoms with E-state index < -0.39 is 17.3 Å². The molecule has 0 aliphatic carbocycles. The van der Waals surface area contributed by atoms with Crippen molar-refractivity contribution in [2.75, 3.05) is 31.1 Å². The number of hydrogen-bond donors (Lipinski definition) is 2.